The van der Waals surface area contributed by atoms with Crippen LogP contribution >= 0.6 is 0 Å². The van der Waals surface area contributed by atoms with Gasteiger partial charge in [0, 0.05) is 7.11 Å². The van der Waals surface area contributed by atoms with E-state index in [1.54, 1.807) is 32.2 Å². The fraction of sp³-hybridized carbons (Fsp3) is 0.364. The number of fused-ring (bicyclic) bond motifs is 1. The highest BCUT2D eigenvalue weighted by molar-refractivity contribution is 5.92. The van der Waals surface area contributed by atoms with Crippen molar-refractivity contribution < 1.29 is 19.1 Å². The average Bonchev–Trinajstić information content (AvgIpc) is 2.68. The van der Waals surface area contributed by atoms with Gasteiger partial charge in [-0.3, -0.25) is 4.79 Å². The van der Waals surface area contributed by atoms with Crippen molar-refractivity contribution in [3.05, 3.63) is 70.8 Å². The van der Waals surface area contributed by atoms with Crippen LogP contribution in [-0.2, 0) is 27.3 Å². The first-order valence-corrected chi connectivity index (χ1v) is 9.25. The zero-order valence-electron chi connectivity index (χ0n) is 15.7. The molecule has 1 amide bonds. The lowest BCUT2D eigenvalue weighted by Gasteiger charge is -2.27. The molecule has 0 bridgehead atoms. The van der Waals surface area contributed by atoms with E-state index in [0.717, 1.165) is 30.4 Å². The van der Waals surface area contributed by atoms with Crippen molar-refractivity contribution >= 4 is 11.9 Å². The van der Waals surface area contributed by atoms with Gasteiger partial charge in [-0.25, -0.2) is 4.79 Å². The Labute approximate surface area is 159 Å². The van der Waals surface area contributed by atoms with E-state index < -0.39 is 12.1 Å². The number of methoxy groups -OCH3 is 1. The van der Waals surface area contributed by atoms with E-state index in [1.807, 2.05) is 18.2 Å². The van der Waals surface area contributed by atoms with Crippen LogP contribution in [-0.4, -0.2) is 25.1 Å². The summed E-state index contributed by atoms with van der Waals surface area (Å²) in [5, 5.41) is 3.03. The second kappa shape index (κ2) is 8.82. The Kier molecular flexibility index (Phi) is 6.24. The number of carbonyl (C=O) groups excluding carboxylic acids is 2. The molecular formula is C22H25NO4. The van der Waals surface area contributed by atoms with E-state index in [4.69, 9.17) is 9.47 Å². The highest BCUT2D eigenvalue weighted by Gasteiger charge is 2.25. The molecule has 2 atom stereocenters. The molecule has 0 saturated heterocycles. The first kappa shape index (κ1) is 19.1. The second-order valence-electron chi connectivity index (χ2n) is 6.83. The van der Waals surface area contributed by atoms with Gasteiger partial charge in [-0.1, -0.05) is 36.4 Å². The van der Waals surface area contributed by atoms with Crippen molar-refractivity contribution in [2.45, 2.75) is 44.9 Å². The average molecular weight is 367 g/mol. The van der Waals surface area contributed by atoms with Crippen molar-refractivity contribution in [2.24, 2.45) is 0 Å². The predicted molar refractivity (Wildman–Crippen MR) is 102 cm³/mol. The largest absolute Gasteiger partial charge is 0.449 e. The van der Waals surface area contributed by atoms with Crippen LogP contribution in [0.5, 0.6) is 0 Å². The number of carbonyl (C=O) groups is 2. The minimum absolute atomic E-state index is 0.0337. The SMILES string of the molecule is COCc1cccc(C(=O)OC(C)C(=O)NC2CCCc3ccccc32)c1. The van der Waals surface area contributed by atoms with Crippen LogP contribution in [0.1, 0.15) is 52.9 Å². The van der Waals surface area contributed by atoms with Gasteiger partial charge in [-0.05, 0) is 55.0 Å². The van der Waals surface area contributed by atoms with E-state index in [2.05, 4.69) is 17.4 Å². The van der Waals surface area contributed by atoms with Crippen LogP contribution in [0.4, 0.5) is 0 Å². The molecular weight excluding hydrogens is 342 g/mol. The van der Waals surface area contributed by atoms with Gasteiger partial charge in [0.2, 0.25) is 0 Å². The smallest absolute Gasteiger partial charge is 0.338 e. The molecule has 142 valence electrons. The Morgan fingerprint density at radius 1 is 1.19 bits per heavy atom. The first-order valence-electron chi connectivity index (χ1n) is 9.25. The molecule has 2 unspecified atom stereocenters. The van der Waals surface area contributed by atoms with Gasteiger partial charge < -0.3 is 14.8 Å². The molecule has 0 heterocycles. The molecule has 0 saturated carbocycles. The summed E-state index contributed by atoms with van der Waals surface area (Å²) in [6.45, 7) is 2.01. The first-order chi connectivity index (χ1) is 13.1. The maximum atomic E-state index is 12.5. The summed E-state index contributed by atoms with van der Waals surface area (Å²) in [6.07, 6.45) is 2.09. The van der Waals surface area contributed by atoms with Gasteiger partial charge in [-0.2, -0.15) is 0 Å². The standard InChI is InChI=1S/C22H25NO4/c1-15(27-22(25)18-10-5-7-16(13-18)14-26-2)21(24)23-20-12-6-9-17-8-3-4-11-19(17)20/h3-5,7-8,10-11,13,15,20H,6,9,12,14H2,1-2H3,(H,23,24). The molecule has 2 aromatic rings. The number of esters is 1. The summed E-state index contributed by atoms with van der Waals surface area (Å²) in [7, 11) is 1.60. The summed E-state index contributed by atoms with van der Waals surface area (Å²) in [5.74, 6) is -0.794. The molecule has 0 spiro atoms. The minimum Gasteiger partial charge on any atom is -0.449 e. The van der Waals surface area contributed by atoms with Crippen LogP contribution < -0.4 is 5.32 Å². The summed E-state index contributed by atoms with van der Waals surface area (Å²) in [6, 6.07) is 15.2. The van der Waals surface area contributed by atoms with E-state index in [-0.39, 0.29) is 11.9 Å². The van der Waals surface area contributed by atoms with Crippen LogP contribution in [0.15, 0.2) is 48.5 Å². The predicted octanol–water partition coefficient (Wildman–Crippen LogP) is 3.57. The lowest BCUT2D eigenvalue weighted by Crippen LogP contribution is -2.39. The van der Waals surface area contributed by atoms with Gasteiger partial charge in [0.1, 0.15) is 0 Å². The molecule has 5 nitrogen and oxygen atoms in total. The molecule has 5 heteroatoms. The molecule has 27 heavy (non-hydrogen) atoms. The molecule has 1 aliphatic rings. The number of benzene rings is 2. The van der Waals surface area contributed by atoms with Crippen molar-refractivity contribution in [1.29, 1.82) is 0 Å². The normalized spacial score (nSPS) is 16.9. The Morgan fingerprint density at radius 3 is 2.81 bits per heavy atom. The van der Waals surface area contributed by atoms with Crippen molar-refractivity contribution in [2.75, 3.05) is 7.11 Å². The molecule has 0 radical (unpaired) electrons. The number of hydrogen-bond acceptors (Lipinski definition) is 4. The number of ether oxygens (including phenoxy) is 2. The Hall–Kier alpha value is -2.66. The number of hydrogen-bond donors (Lipinski definition) is 1. The molecule has 1 aliphatic carbocycles. The van der Waals surface area contributed by atoms with Crippen LogP contribution in [0.3, 0.4) is 0 Å². The molecule has 0 aromatic heterocycles. The Balaban J connectivity index is 1.61. The fourth-order valence-electron chi connectivity index (χ4n) is 3.43. The van der Waals surface area contributed by atoms with Gasteiger partial charge in [0.25, 0.3) is 5.91 Å². The van der Waals surface area contributed by atoms with Crippen LogP contribution in [0.25, 0.3) is 0 Å². The third-order valence-electron chi connectivity index (χ3n) is 4.81. The summed E-state index contributed by atoms with van der Waals surface area (Å²) in [4.78, 5) is 24.9. The van der Waals surface area contributed by atoms with Crippen LogP contribution in [0.2, 0.25) is 0 Å². The molecule has 0 fully saturated rings. The van der Waals surface area contributed by atoms with Crippen LogP contribution in [0, 0.1) is 0 Å². The highest BCUT2D eigenvalue weighted by atomic mass is 16.5. The minimum atomic E-state index is -0.863. The summed E-state index contributed by atoms with van der Waals surface area (Å²) < 4.78 is 10.4. The van der Waals surface area contributed by atoms with Gasteiger partial charge in [-0.15, -0.1) is 0 Å². The van der Waals surface area contributed by atoms with Gasteiger partial charge in [0.15, 0.2) is 6.10 Å². The molecule has 0 aliphatic heterocycles. The third kappa shape index (κ3) is 4.74. The zero-order valence-corrected chi connectivity index (χ0v) is 15.7. The third-order valence-corrected chi connectivity index (χ3v) is 4.81. The summed E-state index contributed by atoms with van der Waals surface area (Å²) >= 11 is 0. The van der Waals surface area contributed by atoms with E-state index in [9.17, 15) is 9.59 Å². The molecule has 3 rings (SSSR count). The highest BCUT2D eigenvalue weighted by Crippen LogP contribution is 2.29. The van der Waals surface area contributed by atoms with Gasteiger partial charge in [0.05, 0.1) is 18.2 Å². The molecule has 2 aromatic carbocycles. The Morgan fingerprint density at radius 2 is 2.00 bits per heavy atom. The van der Waals surface area contributed by atoms with E-state index >= 15 is 0 Å². The van der Waals surface area contributed by atoms with Gasteiger partial charge >= 0.3 is 5.97 Å². The topological polar surface area (TPSA) is 64.6 Å². The monoisotopic (exact) mass is 367 g/mol. The number of aryl methyl sites for hydroxylation is 1. The van der Waals surface area contributed by atoms with E-state index in [1.165, 1.54) is 5.56 Å². The maximum Gasteiger partial charge on any atom is 0.338 e. The summed E-state index contributed by atoms with van der Waals surface area (Å²) in [5.41, 5.74) is 3.71. The number of amides is 1. The van der Waals surface area contributed by atoms with E-state index in [0.29, 0.717) is 12.2 Å². The zero-order chi connectivity index (χ0) is 19.2. The number of nitrogens with one attached hydrogen (secondary N) is 1. The fourth-order valence-corrected chi connectivity index (χ4v) is 3.43. The lowest BCUT2D eigenvalue weighted by molar-refractivity contribution is -0.130. The quantitative estimate of drug-likeness (QED) is 0.793. The Bertz CT molecular complexity index is 817. The second-order valence-corrected chi connectivity index (χ2v) is 6.83. The van der Waals surface area contributed by atoms with Crippen molar-refractivity contribution in [3.8, 4) is 0 Å². The van der Waals surface area contributed by atoms with Crippen molar-refractivity contribution in [3.63, 3.8) is 0 Å². The maximum absolute atomic E-state index is 12.5. The molecule has 1 N–H and O–H groups in total. The number of rotatable bonds is 6. The lowest BCUT2D eigenvalue weighted by atomic mass is 9.87. The van der Waals surface area contributed by atoms with Crippen molar-refractivity contribution in [1.82, 2.24) is 5.32 Å².